The predicted molar refractivity (Wildman–Crippen MR) is 102 cm³/mol. The molecule has 1 aliphatic heterocycles. The molecule has 2 nitrogen and oxygen atoms in total. The van der Waals surface area contributed by atoms with Crippen molar-refractivity contribution in [1.29, 1.82) is 0 Å². The lowest BCUT2D eigenvalue weighted by Crippen LogP contribution is -2.33. The summed E-state index contributed by atoms with van der Waals surface area (Å²) in [5, 5.41) is 0. The second-order valence-corrected chi connectivity index (χ2v) is 7.30. The zero-order valence-corrected chi connectivity index (χ0v) is 15.8. The highest BCUT2D eigenvalue weighted by Gasteiger charge is 2.36. The van der Waals surface area contributed by atoms with Crippen LogP contribution in [0.4, 0.5) is 4.39 Å². The van der Waals surface area contributed by atoms with Crippen LogP contribution in [0.5, 0.6) is 5.75 Å². The molecule has 26 heavy (non-hydrogen) atoms. The van der Waals surface area contributed by atoms with Crippen molar-refractivity contribution in [2.75, 3.05) is 0 Å². The summed E-state index contributed by atoms with van der Waals surface area (Å²) in [5.41, 5.74) is 3.79. The average Bonchev–Trinajstić information content (AvgIpc) is 2.64. The Morgan fingerprint density at radius 1 is 1.12 bits per heavy atom. The van der Waals surface area contributed by atoms with E-state index in [2.05, 4.69) is 38.1 Å². The predicted octanol–water partition coefficient (Wildman–Crippen LogP) is 5.75. The number of carbonyl (C=O) groups excluding carboxylic acids is 1. The van der Waals surface area contributed by atoms with E-state index in [4.69, 9.17) is 4.74 Å². The SMILES string of the molecule is CCCc1ccc(C(CCC)C2Cc3ccc(C)c(F)c3OC2=O)cc1. The minimum Gasteiger partial charge on any atom is -0.423 e. The van der Waals surface area contributed by atoms with Crippen LogP contribution in [0.2, 0.25) is 0 Å². The van der Waals surface area contributed by atoms with Crippen LogP contribution in [0.1, 0.15) is 61.3 Å². The average molecular weight is 354 g/mol. The highest BCUT2D eigenvalue weighted by molar-refractivity contribution is 5.79. The van der Waals surface area contributed by atoms with Crippen molar-refractivity contribution in [3.05, 3.63) is 64.5 Å². The van der Waals surface area contributed by atoms with Crippen molar-refractivity contribution in [1.82, 2.24) is 0 Å². The van der Waals surface area contributed by atoms with Crippen LogP contribution in [0.15, 0.2) is 36.4 Å². The molecule has 0 aromatic heterocycles. The Bertz CT molecular complexity index is 780. The summed E-state index contributed by atoms with van der Waals surface area (Å²) in [6.07, 6.45) is 4.62. The lowest BCUT2D eigenvalue weighted by Gasteiger charge is -2.30. The summed E-state index contributed by atoms with van der Waals surface area (Å²) in [5.74, 6) is -0.759. The van der Waals surface area contributed by atoms with Gasteiger partial charge in [0, 0.05) is 0 Å². The number of aryl methyl sites for hydroxylation is 2. The summed E-state index contributed by atoms with van der Waals surface area (Å²) < 4.78 is 19.7. The molecule has 1 heterocycles. The quantitative estimate of drug-likeness (QED) is 0.488. The zero-order valence-electron chi connectivity index (χ0n) is 15.8. The topological polar surface area (TPSA) is 26.3 Å². The maximum Gasteiger partial charge on any atom is 0.315 e. The van der Waals surface area contributed by atoms with Gasteiger partial charge in [0.25, 0.3) is 0 Å². The lowest BCUT2D eigenvalue weighted by atomic mass is 9.78. The maximum absolute atomic E-state index is 14.3. The van der Waals surface area contributed by atoms with Crippen molar-refractivity contribution >= 4 is 5.97 Å². The van der Waals surface area contributed by atoms with Gasteiger partial charge in [-0.15, -0.1) is 0 Å². The molecule has 0 saturated carbocycles. The van der Waals surface area contributed by atoms with E-state index in [-0.39, 0.29) is 23.6 Å². The van der Waals surface area contributed by atoms with Crippen LogP contribution in [0.3, 0.4) is 0 Å². The number of halogens is 1. The fourth-order valence-electron chi connectivity index (χ4n) is 3.90. The van der Waals surface area contributed by atoms with E-state index in [9.17, 15) is 9.18 Å². The largest absolute Gasteiger partial charge is 0.423 e. The molecule has 2 atom stereocenters. The third-order valence-corrected chi connectivity index (χ3v) is 5.35. The maximum atomic E-state index is 14.3. The van der Waals surface area contributed by atoms with E-state index in [0.29, 0.717) is 12.0 Å². The van der Waals surface area contributed by atoms with Gasteiger partial charge in [-0.05, 0) is 54.4 Å². The molecule has 0 radical (unpaired) electrons. The second-order valence-electron chi connectivity index (χ2n) is 7.30. The smallest absolute Gasteiger partial charge is 0.315 e. The summed E-state index contributed by atoms with van der Waals surface area (Å²) >= 11 is 0. The molecule has 2 aromatic rings. The van der Waals surface area contributed by atoms with E-state index in [0.717, 1.165) is 31.2 Å². The monoisotopic (exact) mass is 354 g/mol. The Balaban J connectivity index is 1.90. The molecular weight excluding hydrogens is 327 g/mol. The van der Waals surface area contributed by atoms with Crippen molar-refractivity contribution in [2.24, 2.45) is 5.92 Å². The molecule has 0 saturated heterocycles. The summed E-state index contributed by atoms with van der Waals surface area (Å²) in [4.78, 5) is 12.7. The van der Waals surface area contributed by atoms with E-state index in [1.165, 1.54) is 11.1 Å². The first-order chi connectivity index (χ1) is 12.5. The van der Waals surface area contributed by atoms with E-state index < -0.39 is 5.82 Å². The van der Waals surface area contributed by atoms with Gasteiger partial charge in [0.1, 0.15) is 0 Å². The molecule has 0 spiro atoms. The van der Waals surface area contributed by atoms with Crippen LogP contribution in [-0.2, 0) is 17.6 Å². The minimum absolute atomic E-state index is 0.0979. The van der Waals surface area contributed by atoms with E-state index in [1.54, 1.807) is 13.0 Å². The van der Waals surface area contributed by atoms with Crippen LogP contribution in [0, 0.1) is 18.7 Å². The van der Waals surface area contributed by atoms with Crippen molar-refractivity contribution < 1.29 is 13.9 Å². The minimum atomic E-state index is -0.412. The molecule has 0 amide bonds. The number of carbonyl (C=O) groups is 1. The summed E-state index contributed by atoms with van der Waals surface area (Å²) in [6, 6.07) is 12.3. The Morgan fingerprint density at radius 3 is 2.50 bits per heavy atom. The fraction of sp³-hybridized carbons (Fsp3) is 0.435. The number of hydrogen-bond donors (Lipinski definition) is 0. The highest BCUT2D eigenvalue weighted by Crippen LogP contribution is 2.40. The summed E-state index contributed by atoms with van der Waals surface area (Å²) in [6.45, 7) is 5.99. The lowest BCUT2D eigenvalue weighted by molar-refractivity contribution is -0.141. The van der Waals surface area contributed by atoms with Crippen molar-refractivity contribution in [3.8, 4) is 5.75 Å². The van der Waals surface area contributed by atoms with Crippen molar-refractivity contribution in [2.45, 2.75) is 58.8 Å². The third-order valence-electron chi connectivity index (χ3n) is 5.35. The number of hydrogen-bond acceptors (Lipinski definition) is 2. The van der Waals surface area contributed by atoms with Crippen LogP contribution < -0.4 is 4.74 Å². The molecule has 0 N–H and O–H groups in total. The Labute approximate surface area is 155 Å². The first kappa shape index (κ1) is 18.6. The number of esters is 1. The van der Waals surface area contributed by atoms with Crippen LogP contribution in [0.25, 0.3) is 0 Å². The number of rotatable bonds is 6. The first-order valence-corrected chi connectivity index (χ1v) is 9.63. The zero-order chi connectivity index (χ0) is 18.7. The van der Waals surface area contributed by atoms with Gasteiger partial charge in [0.15, 0.2) is 11.6 Å². The van der Waals surface area contributed by atoms with Crippen molar-refractivity contribution in [3.63, 3.8) is 0 Å². The van der Waals surface area contributed by atoms with Gasteiger partial charge in [0.05, 0.1) is 5.92 Å². The highest BCUT2D eigenvalue weighted by atomic mass is 19.1. The molecule has 3 rings (SSSR count). The molecule has 0 bridgehead atoms. The molecule has 0 aliphatic carbocycles. The van der Waals surface area contributed by atoms with E-state index in [1.807, 2.05) is 6.07 Å². The van der Waals surface area contributed by atoms with Gasteiger partial charge in [-0.2, -0.15) is 0 Å². The molecule has 1 aliphatic rings. The number of benzene rings is 2. The number of ether oxygens (including phenoxy) is 1. The van der Waals surface area contributed by atoms with Gasteiger partial charge >= 0.3 is 5.97 Å². The van der Waals surface area contributed by atoms with E-state index >= 15 is 0 Å². The van der Waals surface area contributed by atoms with Crippen LogP contribution >= 0.6 is 0 Å². The standard InChI is InChI=1S/C23H27FO2/c1-4-6-16-9-12-17(13-10-16)19(7-5-2)20-14-18-11-8-15(3)21(24)22(18)26-23(20)25/h8-13,19-20H,4-7,14H2,1-3H3. The van der Waals surface area contributed by atoms with Gasteiger partial charge < -0.3 is 4.74 Å². The normalized spacial score (nSPS) is 17.5. The summed E-state index contributed by atoms with van der Waals surface area (Å²) in [7, 11) is 0. The van der Waals surface area contributed by atoms with Gasteiger partial charge in [-0.25, -0.2) is 4.39 Å². The second kappa shape index (κ2) is 8.03. The molecule has 2 aromatic carbocycles. The Kier molecular flexibility index (Phi) is 5.75. The molecule has 2 unspecified atom stereocenters. The Morgan fingerprint density at radius 2 is 1.85 bits per heavy atom. The Hall–Kier alpha value is -2.16. The van der Waals surface area contributed by atoms with Gasteiger partial charge in [0.2, 0.25) is 0 Å². The molecular formula is C23H27FO2. The van der Waals surface area contributed by atoms with Crippen LogP contribution in [-0.4, -0.2) is 5.97 Å². The number of fused-ring (bicyclic) bond motifs is 1. The molecule has 0 fully saturated rings. The third kappa shape index (κ3) is 3.67. The molecule has 3 heteroatoms. The fourth-order valence-corrected chi connectivity index (χ4v) is 3.90. The first-order valence-electron chi connectivity index (χ1n) is 9.63. The van der Waals surface area contributed by atoms with Gasteiger partial charge in [-0.1, -0.05) is 63.1 Å². The van der Waals surface area contributed by atoms with Gasteiger partial charge in [-0.3, -0.25) is 4.79 Å². The molecule has 138 valence electrons.